The number of anilines is 1. The highest BCUT2D eigenvalue weighted by Crippen LogP contribution is 2.40. The molecule has 2 unspecified atom stereocenters. The summed E-state index contributed by atoms with van der Waals surface area (Å²) in [6, 6.07) is 4.59. The Balaban J connectivity index is 2.06. The maximum absolute atomic E-state index is 9.67. The number of nitrogens with one attached hydrogen (secondary N) is 1. The molecule has 158 valence electrons. The van der Waals surface area contributed by atoms with Gasteiger partial charge in [-0.15, -0.1) is 0 Å². The molecule has 0 aromatic carbocycles. The van der Waals surface area contributed by atoms with E-state index in [0.29, 0.717) is 13.2 Å². The van der Waals surface area contributed by atoms with E-state index in [-0.39, 0.29) is 17.3 Å². The Morgan fingerprint density at radius 2 is 2.33 bits per heavy atom. The first-order valence-electron chi connectivity index (χ1n) is 10.1. The topological polar surface area (TPSA) is 82.7 Å². The SMILES string of the molecule is C=CC=C(C=C(C)CC)COC(N=CCC)=NCC(C#N)C1Nc2cnccc2S1. The van der Waals surface area contributed by atoms with Crippen molar-refractivity contribution < 1.29 is 4.74 Å². The van der Waals surface area contributed by atoms with Crippen molar-refractivity contribution in [3.63, 3.8) is 0 Å². The van der Waals surface area contributed by atoms with Gasteiger partial charge in [-0.3, -0.25) is 4.98 Å². The van der Waals surface area contributed by atoms with Crippen LogP contribution in [0, 0.1) is 17.2 Å². The molecule has 1 N–H and O–H groups in total. The van der Waals surface area contributed by atoms with Gasteiger partial charge >= 0.3 is 6.02 Å². The number of thioether (sulfide) groups is 1. The summed E-state index contributed by atoms with van der Waals surface area (Å²) in [7, 11) is 0. The number of nitrogens with zero attached hydrogens (tertiary/aromatic N) is 4. The highest BCUT2D eigenvalue weighted by molar-refractivity contribution is 8.00. The lowest BCUT2D eigenvalue weighted by Crippen LogP contribution is -2.24. The summed E-state index contributed by atoms with van der Waals surface area (Å²) in [6.45, 7) is 10.6. The zero-order valence-electron chi connectivity index (χ0n) is 17.8. The van der Waals surface area contributed by atoms with Gasteiger partial charge in [0.25, 0.3) is 0 Å². The number of hydrogen-bond donors (Lipinski definition) is 1. The molecule has 1 aliphatic heterocycles. The van der Waals surface area contributed by atoms with Crippen LogP contribution in [0.5, 0.6) is 0 Å². The quantitative estimate of drug-likeness (QED) is 0.327. The molecule has 0 amide bonds. The standard InChI is InChI=1S/C23H29N5OS/c1-5-8-18(12-17(4)7-3)16-29-23(26-10-6-2)27-14-19(13-24)22-28-20-15-25-11-9-21(20)30-22/h5,8-12,15,19,22,28H,1,6-7,14,16H2,2-4H3. The van der Waals surface area contributed by atoms with Crippen molar-refractivity contribution in [3.05, 3.63) is 54.4 Å². The maximum Gasteiger partial charge on any atom is 0.311 e. The summed E-state index contributed by atoms with van der Waals surface area (Å²) >= 11 is 1.62. The van der Waals surface area contributed by atoms with E-state index in [1.165, 1.54) is 5.57 Å². The van der Waals surface area contributed by atoms with E-state index in [4.69, 9.17) is 4.74 Å². The third-order valence-electron chi connectivity index (χ3n) is 4.36. The van der Waals surface area contributed by atoms with Gasteiger partial charge in [0.1, 0.15) is 6.61 Å². The fourth-order valence-electron chi connectivity index (χ4n) is 2.62. The molecule has 1 aromatic heterocycles. The van der Waals surface area contributed by atoms with Crippen LogP contribution >= 0.6 is 11.8 Å². The second-order valence-corrected chi connectivity index (χ2v) is 7.93. The molecule has 1 aliphatic rings. The Hall–Kier alpha value is -2.85. The van der Waals surface area contributed by atoms with Crippen molar-refractivity contribution in [2.24, 2.45) is 15.9 Å². The molecular formula is C23H29N5OS. The molecule has 0 bridgehead atoms. The van der Waals surface area contributed by atoms with E-state index < -0.39 is 0 Å². The number of fused-ring (bicyclic) bond motifs is 1. The Morgan fingerprint density at radius 1 is 1.50 bits per heavy atom. The van der Waals surface area contributed by atoms with E-state index in [9.17, 15) is 5.26 Å². The van der Waals surface area contributed by atoms with Gasteiger partial charge in [0.15, 0.2) is 0 Å². The summed E-state index contributed by atoms with van der Waals surface area (Å²) in [6.07, 6.45) is 12.8. The van der Waals surface area contributed by atoms with E-state index in [1.807, 2.05) is 19.1 Å². The Morgan fingerprint density at radius 3 is 3.00 bits per heavy atom. The van der Waals surface area contributed by atoms with Crippen molar-refractivity contribution in [1.82, 2.24) is 4.98 Å². The number of hydrogen-bond acceptors (Lipinski definition) is 6. The first-order chi connectivity index (χ1) is 14.6. The van der Waals surface area contributed by atoms with Crippen molar-refractivity contribution in [3.8, 4) is 6.07 Å². The summed E-state index contributed by atoms with van der Waals surface area (Å²) < 4.78 is 5.87. The third-order valence-corrected chi connectivity index (χ3v) is 5.67. The number of allylic oxidation sites excluding steroid dienone is 3. The second-order valence-electron chi connectivity index (χ2n) is 6.74. The van der Waals surface area contributed by atoms with Crippen molar-refractivity contribution in [2.75, 3.05) is 18.5 Å². The third kappa shape index (κ3) is 7.20. The first-order valence-corrected chi connectivity index (χ1v) is 10.9. The molecule has 0 saturated heterocycles. The van der Waals surface area contributed by atoms with Crippen LogP contribution in [0.2, 0.25) is 0 Å². The molecule has 7 heteroatoms. The molecule has 30 heavy (non-hydrogen) atoms. The minimum Gasteiger partial charge on any atom is -0.459 e. The number of pyridine rings is 1. The van der Waals surface area contributed by atoms with Crippen molar-refractivity contribution in [2.45, 2.75) is 43.9 Å². The second kappa shape index (κ2) is 12.7. The molecule has 0 saturated carbocycles. The highest BCUT2D eigenvalue weighted by atomic mass is 32.2. The van der Waals surface area contributed by atoms with Gasteiger partial charge < -0.3 is 10.1 Å². The normalized spacial score (nSPS) is 17.9. The number of nitriles is 1. The van der Waals surface area contributed by atoms with Crippen LogP contribution in [0.3, 0.4) is 0 Å². The monoisotopic (exact) mass is 423 g/mol. The Labute approximate surface area is 183 Å². The molecule has 0 aliphatic carbocycles. The van der Waals surface area contributed by atoms with Gasteiger partial charge in [-0.2, -0.15) is 5.26 Å². The smallest absolute Gasteiger partial charge is 0.311 e. The van der Waals surface area contributed by atoms with E-state index in [0.717, 1.165) is 29.0 Å². The maximum atomic E-state index is 9.67. The van der Waals surface area contributed by atoms with Gasteiger partial charge in [-0.05, 0) is 31.4 Å². The zero-order valence-corrected chi connectivity index (χ0v) is 18.7. The van der Waals surface area contributed by atoms with E-state index in [2.05, 4.69) is 52.9 Å². The van der Waals surface area contributed by atoms with Crippen LogP contribution in [-0.2, 0) is 4.74 Å². The van der Waals surface area contributed by atoms with Crippen LogP contribution < -0.4 is 5.32 Å². The number of aliphatic imine (C=N–C) groups is 2. The lowest BCUT2D eigenvalue weighted by molar-refractivity contribution is 0.335. The number of rotatable bonds is 9. The lowest BCUT2D eigenvalue weighted by Gasteiger charge is -2.15. The molecule has 2 heterocycles. The average Bonchev–Trinajstić information content (AvgIpc) is 3.19. The molecule has 6 nitrogen and oxygen atoms in total. The fourth-order valence-corrected chi connectivity index (χ4v) is 3.77. The summed E-state index contributed by atoms with van der Waals surface area (Å²) in [5.74, 6) is -0.330. The summed E-state index contributed by atoms with van der Waals surface area (Å²) in [5, 5.41) is 12.9. The van der Waals surface area contributed by atoms with Crippen molar-refractivity contribution in [1.29, 1.82) is 5.26 Å². The van der Waals surface area contributed by atoms with Crippen molar-refractivity contribution >= 4 is 29.7 Å². The molecular weight excluding hydrogens is 394 g/mol. The number of ether oxygens (including phenoxy) is 1. The lowest BCUT2D eigenvalue weighted by atomic mass is 10.1. The molecule has 2 rings (SSSR count). The van der Waals surface area contributed by atoms with Crippen LogP contribution in [0.25, 0.3) is 0 Å². The summed E-state index contributed by atoms with van der Waals surface area (Å²) in [5.41, 5.74) is 3.20. The fraction of sp³-hybridized carbons (Fsp3) is 0.391. The van der Waals surface area contributed by atoms with Gasteiger partial charge in [-0.1, -0.05) is 56.0 Å². The van der Waals surface area contributed by atoms with Gasteiger partial charge in [-0.25, -0.2) is 9.98 Å². The zero-order chi connectivity index (χ0) is 21.8. The Bertz CT molecular complexity index is 857. The van der Waals surface area contributed by atoms with Gasteiger partial charge in [0.2, 0.25) is 0 Å². The summed E-state index contributed by atoms with van der Waals surface area (Å²) in [4.78, 5) is 14.0. The first kappa shape index (κ1) is 23.4. The van der Waals surface area contributed by atoms with E-state index in [1.54, 1.807) is 36.4 Å². The van der Waals surface area contributed by atoms with Crippen LogP contribution in [0.1, 0.15) is 33.6 Å². The van der Waals surface area contributed by atoms with Crippen LogP contribution in [0.4, 0.5) is 5.69 Å². The largest absolute Gasteiger partial charge is 0.459 e. The predicted molar refractivity (Wildman–Crippen MR) is 126 cm³/mol. The van der Waals surface area contributed by atoms with Gasteiger partial charge in [0, 0.05) is 17.3 Å². The van der Waals surface area contributed by atoms with E-state index >= 15 is 0 Å². The molecule has 2 atom stereocenters. The molecule has 0 radical (unpaired) electrons. The predicted octanol–water partition coefficient (Wildman–Crippen LogP) is 5.39. The molecule has 1 aromatic rings. The minimum absolute atomic E-state index is 0.0827. The molecule has 0 fully saturated rings. The average molecular weight is 424 g/mol. The number of aromatic nitrogens is 1. The van der Waals surface area contributed by atoms with Crippen LogP contribution in [-0.4, -0.2) is 35.7 Å². The molecule has 0 spiro atoms. The Kier molecular flexibility index (Phi) is 9.88. The minimum atomic E-state index is -0.330. The van der Waals surface area contributed by atoms with Gasteiger partial charge in [0.05, 0.1) is 35.8 Å². The highest BCUT2D eigenvalue weighted by Gasteiger charge is 2.29. The van der Waals surface area contributed by atoms with Crippen LogP contribution in [0.15, 0.2) is 69.3 Å². The number of amidine groups is 1.